The molecule has 1 aromatic carbocycles. The monoisotopic (exact) mass is 390 g/mol. The Hall–Kier alpha value is -2.51. The van der Waals surface area contributed by atoms with Crippen LogP contribution in [0.5, 0.6) is 0 Å². The van der Waals surface area contributed by atoms with E-state index in [0.29, 0.717) is 16.5 Å². The second-order valence-corrected chi connectivity index (χ2v) is 7.12. The highest BCUT2D eigenvalue weighted by molar-refractivity contribution is 8.18. The summed E-state index contributed by atoms with van der Waals surface area (Å²) in [6.45, 7) is 3.23. The molecule has 6 nitrogen and oxygen atoms in total. The van der Waals surface area contributed by atoms with Crippen LogP contribution in [0.4, 0.5) is 10.5 Å². The summed E-state index contributed by atoms with van der Waals surface area (Å²) >= 11 is 6.60. The van der Waals surface area contributed by atoms with Gasteiger partial charge in [-0.3, -0.25) is 19.3 Å². The molecule has 2 heterocycles. The summed E-state index contributed by atoms with van der Waals surface area (Å²) < 4.78 is 5.42. The molecule has 2 aromatic rings. The predicted molar refractivity (Wildman–Crippen MR) is 101 cm³/mol. The van der Waals surface area contributed by atoms with Crippen molar-refractivity contribution < 1.29 is 18.8 Å². The molecule has 3 rings (SSSR count). The van der Waals surface area contributed by atoms with E-state index in [4.69, 9.17) is 16.0 Å². The van der Waals surface area contributed by atoms with Gasteiger partial charge in [0.15, 0.2) is 0 Å². The number of imide groups is 1. The van der Waals surface area contributed by atoms with Gasteiger partial charge in [0, 0.05) is 16.3 Å². The van der Waals surface area contributed by atoms with E-state index in [0.717, 1.165) is 28.0 Å². The standard InChI is InChI=1S/C18H15ClN2O4S/c1-10-7-12(11(2)25-10)8-15-17(23)21(18(24)26-15)9-16(22)20-14-5-3-13(19)4-6-14/h3-8H,9H2,1-2H3,(H,20,22)/b15-8-. The van der Waals surface area contributed by atoms with Crippen LogP contribution in [0, 0.1) is 13.8 Å². The number of halogens is 1. The van der Waals surface area contributed by atoms with Gasteiger partial charge < -0.3 is 9.73 Å². The molecule has 1 aliphatic heterocycles. The predicted octanol–water partition coefficient (Wildman–Crippen LogP) is 4.22. The zero-order valence-corrected chi connectivity index (χ0v) is 15.6. The number of anilines is 1. The first-order valence-corrected chi connectivity index (χ1v) is 8.91. The molecule has 0 unspecified atom stereocenters. The fourth-order valence-corrected chi connectivity index (χ4v) is 3.40. The Morgan fingerprint density at radius 3 is 2.58 bits per heavy atom. The van der Waals surface area contributed by atoms with Crippen LogP contribution in [0.15, 0.2) is 39.7 Å². The fourth-order valence-electron chi connectivity index (χ4n) is 2.45. The highest BCUT2D eigenvalue weighted by Crippen LogP contribution is 2.33. The van der Waals surface area contributed by atoms with Crippen molar-refractivity contribution in [3.05, 3.63) is 57.3 Å². The molecule has 1 saturated heterocycles. The number of hydrogen-bond donors (Lipinski definition) is 1. The average molecular weight is 391 g/mol. The molecule has 0 spiro atoms. The topological polar surface area (TPSA) is 79.6 Å². The maximum Gasteiger partial charge on any atom is 0.294 e. The van der Waals surface area contributed by atoms with Crippen LogP contribution < -0.4 is 5.32 Å². The molecule has 0 bridgehead atoms. The first kappa shape index (κ1) is 18.3. The number of thioether (sulfide) groups is 1. The van der Waals surface area contributed by atoms with Gasteiger partial charge in [0.25, 0.3) is 11.1 Å². The van der Waals surface area contributed by atoms with E-state index in [1.54, 1.807) is 50.3 Å². The van der Waals surface area contributed by atoms with Gasteiger partial charge in [-0.25, -0.2) is 0 Å². The molecule has 1 N–H and O–H groups in total. The Bertz CT molecular complexity index is 918. The van der Waals surface area contributed by atoms with E-state index < -0.39 is 17.1 Å². The highest BCUT2D eigenvalue weighted by atomic mass is 35.5. The number of nitrogens with zero attached hydrogens (tertiary/aromatic N) is 1. The molecule has 8 heteroatoms. The Labute approximate surface area is 159 Å². The summed E-state index contributed by atoms with van der Waals surface area (Å²) in [5.41, 5.74) is 1.27. The SMILES string of the molecule is Cc1cc(/C=C2\SC(=O)N(CC(=O)Nc3ccc(Cl)cc3)C2=O)c(C)o1. The number of benzene rings is 1. The summed E-state index contributed by atoms with van der Waals surface area (Å²) in [4.78, 5) is 37.9. The molecule has 134 valence electrons. The summed E-state index contributed by atoms with van der Waals surface area (Å²) in [6.07, 6.45) is 1.60. The Morgan fingerprint density at radius 2 is 1.96 bits per heavy atom. The molecule has 1 aliphatic rings. The van der Waals surface area contributed by atoms with Gasteiger partial charge in [0.1, 0.15) is 18.1 Å². The number of amides is 3. The van der Waals surface area contributed by atoms with E-state index >= 15 is 0 Å². The lowest BCUT2D eigenvalue weighted by atomic mass is 10.2. The van der Waals surface area contributed by atoms with E-state index in [1.165, 1.54) is 0 Å². The molecular weight excluding hydrogens is 376 g/mol. The number of nitrogens with one attached hydrogen (secondary N) is 1. The number of carbonyl (C=O) groups excluding carboxylic acids is 3. The second-order valence-electron chi connectivity index (χ2n) is 5.69. The summed E-state index contributed by atoms with van der Waals surface area (Å²) in [5.74, 6) is 0.417. The molecule has 0 atom stereocenters. The van der Waals surface area contributed by atoms with Gasteiger partial charge in [-0.2, -0.15) is 0 Å². The van der Waals surface area contributed by atoms with Gasteiger partial charge >= 0.3 is 0 Å². The van der Waals surface area contributed by atoms with E-state index in [2.05, 4.69) is 5.32 Å². The Kier molecular flexibility index (Phi) is 5.20. The van der Waals surface area contributed by atoms with Crippen LogP contribution in [0.3, 0.4) is 0 Å². The van der Waals surface area contributed by atoms with Crippen LogP contribution in [0.25, 0.3) is 6.08 Å². The molecular formula is C18H15ClN2O4S. The minimum atomic E-state index is -0.496. The van der Waals surface area contributed by atoms with Crippen molar-refractivity contribution in [3.63, 3.8) is 0 Å². The molecule has 0 radical (unpaired) electrons. The smallest absolute Gasteiger partial charge is 0.294 e. The Balaban J connectivity index is 1.70. The lowest BCUT2D eigenvalue weighted by molar-refractivity contribution is -0.127. The molecule has 26 heavy (non-hydrogen) atoms. The zero-order valence-electron chi connectivity index (χ0n) is 14.0. The van der Waals surface area contributed by atoms with Crippen LogP contribution in [0.2, 0.25) is 5.02 Å². The van der Waals surface area contributed by atoms with Crippen molar-refractivity contribution in [2.75, 3.05) is 11.9 Å². The molecule has 0 saturated carbocycles. The molecule has 0 aliphatic carbocycles. The quantitative estimate of drug-likeness (QED) is 0.790. The van der Waals surface area contributed by atoms with Gasteiger partial charge in [-0.1, -0.05) is 11.6 Å². The van der Waals surface area contributed by atoms with Gasteiger partial charge in [-0.15, -0.1) is 0 Å². The summed E-state index contributed by atoms with van der Waals surface area (Å²) in [7, 11) is 0. The fraction of sp³-hybridized carbons (Fsp3) is 0.167. The number of hydrogen-bond acceptors (Lipinski definition) is 5. The van der Waals surface area contributed by atoms with Crippen molar-refractivity contribution in [2.24, 2.45) is 0 Å². The van der Waals surface area contributed by atoms with Crippen molar-refractivity contribution in [3.8, 4) is 0 Å². The Morgan fingerprint density at radius 1 is 1.27 bits per heavy atom. The van der Waals surface area contributed by atoms with Gasteiger partial charge in [-0.05, 0) is 62.0 Å². The first-order chi connectivity index (χ1) is 12.3. The van der Waals surface area contributed by atoms with Crippen LogP contribution >= 0.6 is 23.4 Å². The third kappa shape index (κ3) is 4.00. The van der Waals surface area contributed by atoms with E-state index in [9.17, 15) is 14.4 Å². The number of furan rings is 1. The third-order valence-corrected chi connectivity index (χ3v) is 4.83. The molecule has 3 amide bonds. The maximum absolute atomic E-state index is 12.5. The highest BCUT2D eigenvalue weighted by Gasteiger charge is 2.36. The first-order valence-electron chi connectivity index (χ1n) is 7.71. The summed E-state index contributed by atoms with van der Waals surface area (Å²) in [6, 6.07) is 8.33. The lowest BCUT2D eigenvalue weighted by Gasteiger charge is -2.12. The van der Waals surface area contributed by atoms with Gasteiger partial charge in [0.05, 0.1) is 4.91 Å². The van der Waals surface area contributed by atoms with Crippen molar-refractivity contribution in [2.45, 2.75) is 13.8 Å². The van der Waals surface area contributed by atoms with Crippen LogP contribution in [0.1, 0.15) is 17.1 Å². The number of aryl methyl sites for hydroxylation is 2. The summed E-state index contributed by atoms with van der Waals surface area (Å²) in [5, 5.41) is 2.69. The number of carbonyl (C=O) groups is 3. The third-order valence-electron chi connectivity index (χ3n) is 3.67. The normalized spacial score (nSPS) is 15.8. The molecule has 1 fully saturated rings. The van der Waals surface area contributed by atoms with Crippen molar-refractivity contribution >= 4 is 52.2 Å². The van der Waals surface area contributed by atoms with Gasteiger partial charge in [0.2, 0.25) is 5.91 Å². The maximum atomic E-state index is 12.5. The minimum absolute atomic E-state index is 0.262. The largest absolute Gasteiger partial charge is 0.466 e. The number of rotatable bonds is 4. The minimum Gasteiger partial charge on any atom is -0.466 e. The zero-order chi connectivity index (χ0) is 18.8. The van der Waals surface area contributed by atoms with Crippen molar-refractivity contribution in [1.29, 1.82) is 0 Å². The molecule has 1 aromatic heterocycles. The lowest BCUT2D eigenvalue weighted by Crippen LogP contribution is -2.36. The van der Waals surface area contributed by atoms with Crippen LogP contribution in [-0.4, -0.2) is 28.5 Å². The second kappa shape index (κ2) is 7.39. The van der Waals surface area contributed by atoms with Crippen molar-refractivity contribution in [1.82, 2.24) is 4.90 Å². The van der Waals surface area contributed by atoms with E-state index in [1.807, 2.05) is 0 Å². The van der Waals surface area contributed by atoms with Crippen LogP contribution in [-0.2, 0) is 9.59 Å². The van der Waals surface area contributed by atoms with E-state index in [-0.39, 0.29) is 11.4 Å². The average Bonchev–Trinajstić information content (AvgIpc) is 3.03.